The van der Waals surface area contributed by atoms with Gasteiger partial charge in [0, 0.05) is 31.7 Å². The molecule has 3 heterocycles. The van der Waals surface area contributed by atoms with Crippen molar-refractivity contribution in [3.63, 3.8) is 0 Å². The number of aliphatic hydroxyl groups is 1. The van der Waals surface area contributed by atoms with Crippen LogP contribution in [0.1, 0.15) is 28.7 Å². The molecule has 5 amide bonds. The molecule has 4 aromatic carbocycles. The number of pyridine rings is 1. The molecular weight excluding hydrogens is 793 g/mol. The first-order chi connectivity index (χ1) is 30.0. The van der Waals surface area contributed by atoms with Crippen LogP contribution in [0.15, 0.2) is 134 Å². The first kappa shape index (κ1) is 44.2. The number of nitrogens with one attached hydrogen (secondary N) is 5. The monoisotopic (exact) mass is 840 g/mol. The average molecular weight is 841 g/mol. The van der Waals surface area contributed by atoms with Crippen LogP contribution in [0.3, 0.4) is 0 Å². The molecular formula is C47H48N6O9. The number of amides is 5. The number of carbonyl (C=O) groups is 6. The molecule has 2 aliphatic heterocycles. The summed E-state index contributed by atoms with van der Waals surface area (Å²) in [5.41, 5.74) is 4.71. The number of aromatic nitrogens is 1. The van der Waals surface area contributed by atoms with Crippen molar-refractivity contribution in [1.82, 2.24) is 31.6 Å². The van der Waals surface area contributed by atoms with E-state index in [0.717, 1.165) is 16.7 Å². The van der Waals surface area contributed by atoms with E-state index in [1.54, 1.807) is 48.8 Å². The molecule has 5 atom stereocenters. The van der Waals surface area contributed by atoms with E-state index in [9.17, 15) is 39.0 Å². The van der Waals surface area contributed by atoms with Gasteiger partial charge in [0.05, 0.1) is 6.61 Å². The van der Waals surface area contributed by atoms with Crippen molar-refractivity contribution in [1.29, 1.82) is 0 Å². The highest BCUT2D eigenvalue weighted by atomic mass is 16.5. The molecule has 0 saturated carbocycles. The number of ether oxygens (including phenoxy) is 1. The number of carboxylic acid groups (broad SMARTS) is 1. The molecule has 0 aliphatic carbocycles. The lowest BCUT2D eigenvalue weighted by Gasteiger charge is -2.27. The minimum absolute atomic E-state index is 0.00452. The van der Waals surface area contributed by atoms with E-state index < -0.39 is 78.9 Å². The number of hydrogen-bond acceptors (Lipinski definition) is 9. The molecule has 5 aromatic rings. The number of carboxylic acids is 1. The minimum Gasteiger partial charge on any atom is -0.484 e. The molecule has 0 saturated heterocycles. The molecule has 1 aromatic heterocycles. The fraction of sp³-hybridized carbons (Fsp3) is 0.255. The molecule has 15 heteroatoms. The molecule has 15 nitrogen and oxygen atoms in total. The first-order valence-electron chi connectivity index (χ1n) is 20.2. The maximum Gasteiger partial charge on any atom is 0.328 e. The molecule has 2 bridgehead atoms. The summed E-state index contributed by atoms with van der Waals surface area (Å²) in [5.74, 6) is -4.81. The van der Waals surface area contributed by atoms with Gasteiger partial charge in [-0.15, -0.1) is 0 Å². The number of rotatable bonds is 12. The maximum atomic E-state index is 14.5. The van der Waals surface area contributed by atoms with Crippen molar-refractivity contribution < 1.29 is 43.7 Å². The zero-order valence-electron chi connectivity index (χ0n) is 33.7. The Morgan fingerprint density at radius 3 is 1.85 bits per heavy atom. The lowest BCUT2D eigenvalue weighted by molar-refractivity contribution is -0.143. The number of aliphatic carboxylic acids is 1. The fourth-order valence-electron chi connectivity index (χ4n) is 6.92. The van der Waals surface area contributed by atoms with Gasteiger partial charge in [0.15, 0.2) is 6.61 Å². The third-order valence-electron chi connectivity index (χ3n) is 10.3. The molecule has 0 radical (unpaired) electrons. The molecule has 7 rings (SSSR count). The van der Waals surface area contributed by atoms with Crippen LogP contribution in [-0.4, -0.2) is 94.1 Å². The van der Waals surface area contributed by atoms with Crippen LogP contribution in [-0.2, 0) is 54.5 Å². The van der Waals surface area contributed by atoms with Gasteiger partial charge < -0.3 is 41.5 Å². The van der Waals surface area contributed by atoms with E-state index in [1.165, 1.54) is 0 Å². The van der Waals surface area contributed by atoms with Gasteiger partial charge in [-0.05, 0) is 70.5 Å². The smallest absolute Gasteiger partial charge is 0.328 e. The van der Waals surface area contributed by atoms with Crippen LogP contribution in [0.25, 0.3) is 11.1 Å². The molecule has 62 heavy (non-hydrogen) atoms. The van der Waals surface area contributed by atoms with E-state index in [0.29, 0.717) is 28.9 Å². The zero-order chi connectivity index (χ0) is 43.8. The van der Waals surface area contributed by atoms with E-state index >= 15 is 0 Å². The summed E-state index contributed by atoms with van der Waals surface area (Å²) in [6.45, 7) is -1.36. The van der Waals surface area contributed by atoms with Gasteiger partial charge in [-0.2, -0.15) is 0 Å². The van der Waals surface area contributed by atoms with Crippen LogP contribution in [0, 0.1) is 0 Å². The van der Waals surface area contributed by atoms with Crippen molar-refractivity contribution in [2.24, 2.45) is 0 Å². The van der Waals surface area contributed by atoms with Crippen molar-refractivity contribution in [2.75, 3.05) is 13.2 Å². The second-order valence-corrected chi connectivity index (χ2v) is 14.9. The fourth-order valence-corrected chi connectivity index (χ4v) is 6.92. The van der Waals surface area contributed by atoms with Crippen molar-refractivity contribution in [2.45, 2.75) is 62.3 Å². The summed E-state index contributed by atoms with van der Waals surface area (Å²) in [5, 5.41) is 32.6. The number of aryl methyl sites for hydroxylation is 1. The minimum atomic E-state index is -1.65. The standard InChI is InChI=1S/C47H48N6O9/c54-28-41(47(60)61)53-46(59)40-26-32-13-18-36(19-14-32)62-29-42(55)49-38(27-33-21-23-48-24-22-33)44(57)52-39(25-31-11-16-35(17-12-31)34-9-5-2-6-10-34)45(58)50-37(43(56)51-40)20-15-30-7-3-1-4-8-30/h1-14,16-19,21-24,37-41,54H,15,20,25-29H2,(H,49,55)(H,50,58)(H,51,56)(H,52,57)(H,53,59)(H,60,61)/t37-,38-,39+,40-,41+/m0/s1. The Kier molecular flexibility index (Phi) is 15.5. The Labute approximate surface area is 358 Å². The van der Waals surface area contributed by atoms with Crippen molar-refractivity contribution in [3.8, 4) is 16.9 Å². The SMILES string of the molecule is O=C1COc2ccc(cc2)C[C@@H](C(=O)N[C@H](CO)C(=O)O)NC(=O)[C@H](CCc2ccccc2)NC(=O)[C@@H](Cc2ccc(-c3ccccc3)cc2)NC(=O)[C@H](Cc2ccncc2)N1. The average Bonchev–Trinajstić information content (AvgIpc) is 3.29. The van der Waals surface area contributed by atoms with E-state index in [1.807, 2.05) is 84.9 Å². The van der Waals surface area contributed by atoms with E-state index in [2.05, 4.69) is 31.6 Å². The number of aliphatic hydroxyl groups excluding tert-OH is 1. The van der Waals surface area contributed by atoms with Crippen LogP contribution < -0.4 is 31.3 Å². The lowest BCUT2D eigenvalue weighted by Crippen LogP contribution is -2.60. The quantitative estimate of drug-likeness (QED) is 0.0908. The molecule has 7 N–H and O–H groups in total. The second kappa shape index (κ2) is 21.7. The van der Waals surface area contributed by atoms with Gasteiger partial charge in [-0.1, -0.05) is 97.1 Å². The second-order valence-electron chi connectivity index (χ2n) is 14.9. The highest BCUT2D eigenvalue weighted by molar-refractivity contribution is 5.96. The molecule has 0 fully saturated rings. The van der Waals surface area contributed by atoms with Gasteiger partial charge in [-0.3, -0.25) is 29.0 Å². The number of hydrogen-bond donors (Lipinski definition) is 7. The van der Waals surface area contributed by atoms with Crippen molar-refractivity contribution in [3.05, 3.63) is 156 Å². The van der Waals surface area contributed by atoms with Crippen LogP contribution >= 0.6 is 0 Å². The highest BCUT2D eigenvalue weighted by Gasteiger charge is 2.33. The van der Waals surface area contributed by atoms with Gasteiger partial charge in [-0.25, -0.2) is 4.79 Å². The first-order valence-corrected chi connectivity index (χ1v) is 20.2. The third kappa shape index (κ3) is 12.8. The molecule has 0 unspecified atom stereocenters. The topological polar surface area (TPSA) is 225 Å². The van der Waals surface area contributed by atoms with Crippen LogP contribution in [0.2, 0.25) is 0 Å². The zero-order valence-corrected chi connectivity index (χ0v) is 33.7. The number of fused-ring (bicyclic) bond motifs is 16. The Balaban J connectivity index is 1.36. The van der Waals surface area contributed by atoms with Gasteiger partial charge in [0.2, 0.25) is 23.6 Å². The summed E-state index contributed by atoms with van der Waals surface area (Å²) < 4.78 is 5.73. The lowest BCUT2D eigenvalue weighted by atomic mass is 9.98. The Bertz CT molecular complexity index is 2300. The summed E-state index contributed by atoms with van der Waals surface area (Å²) in [7, 11) is 0. The molecule has 0 spiro atoms. The Hall–Kier alpha value is -7.39. The van der Waals surface area contributed by atoms with Gasteiger partial charge >= 0.3 is 5.97 Å². The Morgan fingerprint density at radius 2 is 1.23 bits per heavy atom. The van der Waals surface area contributed by atoms with E-state index in [4.69, 9.17) is 4.74 Å². The molecule has 320 valence electrons. The van der Waals surface area contributed by atoms with E-state index in [-0.39, 0.29) is 25.7 Å². The normalized spacial score (nSPS) is 19.2. The third-order valence-corrected chi connectivity index (χ3v) is 10.3. The van der Waals surface area contributed by atoms with Gasteiger partial charge in [0.1, 0.15) is 36.0 Å². The molecule has 2 aliphatic rings. The highest BCUT2D eigenvalue weighted by Crippen LogP contribution is 2.20. The van der Waals surface area contributed by atoms with Crippen molar-refractivity contribution >= 4 is 35.5 Å². The van der Waals surface area contributed by atoms with Gasteiger partial charge in [0.25, 0.3) is 5.91 Å². The van der Waals surface area contributed by atoms with Crippen LogP contribution in [0.4, 0.5) is 0 Å². The maximum absolute atomic E-state index is 14.5. The number of nitrogens with zero attached hydrogens (tertiary/aromatic N) is 1. The summed E-state index contributed by atoms with van der Waals surface area (Å²) >= 11 is 0. The predicted molar refractivity (Wildman–Crippen MR) is 228 cm³/mol. The predicted octanol–water partition coefficient (Wildman–Crippen LogP) is 2.30. The number of benzene rings is 4. The Morgan fingerprint density at radius 1 is 0.661 bits per heavy atom. The summed E-state index contributed by atoms with van der Waals surface area (Å²) in [4.78, 5) is 85.9. The largest absolute Gasteiger partial charge is 0.484 e. The summed E-state index contributed by atoms with van der Waals surface area (Å²) in [6, 6.07) is 29.5. The van der Waals surface area contributed by atoms with Crippen LogP contribution in [0.5, 0.6) is 5.75 Å². The summed E-state index contributed by atoms with van der Waals surface area (Å²) in [6.07, 6.45) is 3.46. The number of carbonyl (C=O) groups excluding carboxylic acids is 5.